The topological polar surface area (TPSA) is 67.4 Å². The van der Waals surface area contributed by atoms with Gasteiger partial charge in [0.1, 0.15) is 5.75 Å². The smallest absolute Gasteiger partial charge is 0.251 e. The third-order valence-corrected chi connectivity index (χ3v) is 3.63. The molecule has 5 nitrogen and oxygen atoms in total. The number of nitrogens with one attached hydrogen (secondary N) is 2. The number of carbonyl (C=O) groups excluding carboxylic acids is 2. The Hall–Kier alpha value is -2.53. The zero-order chi connectivity index (χ0) is 17.5. The predicted molar refractivity (Wildman–Crippen MR) is 94.8 cm³/mol. The molecule has 0 saturated carbocycles. The maximum absolute atomic E-state index is 12.0. The molecule has 24 heavy (non-hydrogen) atoms. The Bertz CT molecular complexity index is 730. The van der Waals surface area contributed by atoms with Gasteiger partial charge < -0.3 is 15.4 Å². The lowest BCUT2D eigenvalue weighted by molar-refractivity contribution is -0.114. The van der Waals surface area contributed by atoms with E-state index in [0.717, 1.165) is 5.56 Å². The van der Waals surface area contributed by atoms with Crippen LogP contribution < -0.4 is 15.4 Å². The van der Waals surface area contributed by atoms with Gasteiger partial charge in [0.05, 0.1) is 12.8 Å². The van der Waals surface area contributed by atoms with Crippen LogP contribution in [0, 0.1) is 0 Å². The van der Waals surface area contributed by atoms with E-state index >= 15 is 0 Å². The first-order valence-electron chi connectivity index (χ1n) is 7.48. The lowest BCUT2D eigenvalue weighted by Gasteiger charge is -2.11. The number of hydrogen-bond acceptors (Lipinski definition) is 3. The highest BCUT2D eigenvalue weighted by molar-refractivity contribution is 6.30. The fraction of sp³-hybridized carbons (Fsp3) is 0.222. The van der Waals surface area contributed by atoms with Crippen LogP contribution in [-0.2, 0) is 11.2 Å². The summed E-state index contributed by atoms with van der Waals surface area (Å²) in [6.07, 6.45) is 0.635. The Balaban J connectivity index is 1.95. The van der Waals surface area contributed by atoms with Gasteiger partial charge in [0.2, 0.25) is 5.91 Å². The van der Waals surface area contributed by atoms with E-state index in [4.69, 9.17) is 16.3 Å². The van der Waals surface area contributed by atoms with Gasteiger partial charge in [-0.2, -0.15) is 0 Å². The Morgan fingerprint density at radius 1 is 1.12 bits per heavy atom. The highest BCUT2D eigenvalue weighted by atomic mass is 35.5. The molecule has 0 saturated heterocycles. The molecule has 2 rings (SSSR count). The summed E-state index contributed by atoms with van der Waals surface area (Å²) in [6.45, 7) is 1.92. The van der Waals surface area contributed by atoms with Crippen LogP contribution in [0.1, 0.15) is 22.8 Å². The van der Waals surface area contributed by atoms with E-state index in [2.05, 4.69) is 10.6 Å². The van der Waals surface area contributed by atoms with Crippen molar-refractivity contribution in [1.29, 1.82) is 0 Å². The average Bonchev–Trinajstić information content (AvgIpc) is 2.55. The second-order valence-electron chi connectivity index (χ2n) is 5.23. The van der Waals surface area contributed by atoms with Crippen LogP contribution in [0.5, 0.6) is 5.75 Å². The Labute approximate surface area is 146 Å². The number of benzene rings is 2. The first kappa shape index (κ1) is 17.8. The number of carbonyl (C=O) groups is 2. The van der Waals surface area contributed by atoms with Gasteiger partial charge in [-0.15, -0.1) is 0 Å². The first-order chi connectivity index (χ1) is 11.5. The highest BCUT2D eigenvalue weighted by Crippen LogP contribution is 2.25. The molecule has 0 bridgehead atoms. The molecule has 0 atom stereocenters. The molecule has 126 valence electrons. The van der Waals surface area contributed by atoms with Crippen molar-refractivity contribution in [2.75, 3.05) is 19.0 Å². The molecule has 0 aliphatic rings. The van der Waals surface area contributed by atoms with Gasteiger partial charge in [0.25, 0.3) is 5.91 Å². The molecule has 0 aliphatic heterocycles. The lowest BCUT2D eigenvalue weighted by Crippen LogP contribution is -2.25. The minimum absolute atomic E-state index is 0.151. The molecule has 0 radical (unpaired) electrons. The number of ether oxygens (including phenoxy) is 1. The standard InChI is InChI=1S/C18H19ClN2O3/c1-12(22)21-16-11-13(3-8-17(16)24-2)9-10-20-18(23)14-4-6-15(19)7-5-14/h3-8,11H,9-10H2,1-2H3,(H,20,23)(H,21,22). The van der Waals surface area contributed by atoms with E-state index in [0.29, 0.717) is 35.0 Å². The molecule has 2 amide bonds. The van der Waals surface area contributed by atoms with Crippen molar-refractivity contribution >= 4 is 29.1 Å². The number of amides is 2. The maximum Gasteiger partial charge on any atom is 0.251 e. The Morgan fingerprint density at radius 3 is 2.46 bits per heavy atom. The van der Waals surface area contributed by atoms with Gasteiger partial charge in [0.15, 0.2) is 0 Å². The zero-order valence-corrected chi connectivity index (χ0v) is 14.3. The van der Waals surface area contributed by atoms with Crippen molar-refractivity contribution in [3.63, 3.8) is 0 Å². The van der Waals surface area contributed by atoms with Crippen molar-refractivity contribution in [3.05, 3.63) is 58.6 Å². The van der Waals surface area contributed by atoms with Crippen molar-refractivity contribution in [3.8, 4) is 5.75 Å². The summed E-state index contributed by atoms with van der Waals surface area (Å²) in [7, 11) is 1.55. The second-order valence-corrected chi connectivity index (χ2v) is 5.67. The van der Waals surface area contributed by atoms with Gasteiger partial charge in [-0.05, 0) is 48.4 Å². The highest BCUT2D eigenvalue weighted by Gasteiger charge is 2.08. The fourth-order valence-corrected chi connectivity index (χ4v) is 2.35. The first-order valence-corrected chi connectivity index (χ1v) is 7.85. The largest absolute Gasteiger partial charge is 0.495 e. The molecule has 2 aromatic rings. The van der Waals surface area contributed by atoms with Gasteiger partial charge in [-0.3, -0.25) is 9.59 Å². The van der Waals surface area contributed by atoms with Crippen molar-refractivity contribution in [2.24, 2.45) is 0 Å². The molecular formula is C18H19ClN2O3. The van der Waals surface area contributed by atoms with Crippen molar-refractivity contribution in [1.82, 2.24) is 5.32 Å². The fourth-order valence-electron chi connectivity index (χ4n) is 2.22. The summed E-state index contributed by atoms with van der Waals surface area (Å²) in [6, 6.07) is 12.3. The van der Waals surface area contributed by atoms with Crippen LogP contribution >= 0.6 is 11.6 Å². The summed E-state index contributed by atoms with van der Waals surface area (Å²) in [4.78, 5) is 23.3. The van der Waals surface area contributed by atoms with E-state index in [1.165, 1.54) is 6.92 Å². The molecular weight excluding hydrogens is 328 g/mol. The van der Waals surface area contributed by atoms with Gasteiger partial charge in [-0.25, -0.2) is 0 Å². The van der Waals surface area contributed by atoms with Crippen LogP contribution in [0.2, 0.25) is 5.02 Å². The van der Waals surface area contributed by atoms with Crippen LogP contribution in [0.25, 0.3) is 0 Å². The predicted octanol–water partition coefficient (Wildman–Crippen LogP) is 3.28. The number of anilines is 1. The number of rotatable bonds is 6. The molecule has 0 unspecified atom stereocenters. The summed E-state index contributed by atoms with van der Waals surface area (Å²) in [5.41, 5.74) is 2.16. The van der Waals surface area contributed by atoms with E-state index in [1.54, 1.807) is 37.4 Å². The Kier molecular flexibility index (Phi) is 6.21. The second kappa shape index (κ2) is 8.36. The third-order valence-electron chi connectivity index (χ3n) is 3.38. The van der Waals surface area contributed by atoms with Crippen LogP contribution in [0.4, 0.5) is 5.69 Å². The summed E-state index contributed by atoms with van der Waals surface area (Å²) >= 11 is 5.80. The number of methoxy groups -OCH3 is 1. The molecule has 0 fully saturated rings. The van der Waals surface area contributed by atoms with Gasteiger partial charge in [-0.1, -0.05) is 17.7 Å². The normalized spacial score (nSPS) is 10.1. The Morgan fingerprint density at radius 2 is 1.83 bits per heavy atom. The summed E-state index contributed by atoms with van der Waals surface area (Å²) < 4.78 is 5.22. The molecule has 0 spiro atoms. The number of hydrogen-bond donors (Lipinski definition) is 2. The van der Waals surface area contributed by atoms with Gasteiger partial charge >= 0.3 is 0 Å². The van der Waals surface area contributed by atoms with Crippen molar-refractivity contribution < 1.29 is 14.3 Å². The van der Waals surface area contributed by atoms with Crippen LogP contribution in [-0.4, -0.2) is 25.5 Å². The summed E-state index contributed by atoms with van der Waals surface area (Å²) in [5.74, 6) is 0.280. The van der Waals surface area contributed by atoms with Crippen LogP contribution in [0.3, 0.4) is 0 Å². The monoisotopic (exact) mass is 346 g/mol. The minimum Gasteiger partial charge on any atom is -0.495 e. The van der Waals surface area contributed by atoms with Crippen molar-refractivity contribution in [2.45, 2.75) is 13.3 Å². The molecule has 0 heterocycles. The molecule has 6 heteroatoms. The quantitative estimate of drug-likeness (QED) is 0.843. The van der Waals surface area contributed by atoms with Gasteiger partial charge in [0, 0.05) is 24.1 Å². The summed E-state index contributed by atoms with van der Waals surface area (Å²) in [5, 5.41) is 6.18. The van der Waals surface area contributed by atoms with Crippen LogP contribution in [0.15, 0.2) is 42.5 Å². The maximum atomic E-state index is 12.0. The average molecular weight is 347 g/mol. The third kappa shape index (κ3) is 4.99. The molecule has 2 aromatic carbocycles. The molecule has 0 aliphatic carbocycles. The lowest BCUT2D eigenvalue weighted by atomic mass is 10.1. The number of halogens is 1. The van der Waals surface area contributed by atoms with E-state index in [9.17, 15) is 9.59 Å². The minimum atomic E-state index is -0.165. The SMILES string of the molecule is COc1ccc(CCNC(=O)c2ccc(Cl)cc2)cc1NC(C)=O. The molecule has 0 aromatic heterocycles. The van der Waals surface area contributed by atoms with E-state index in [1.807, 2.05) is 12.1 Å². The van der Waals surface area contributed by atoms with E-state index in [-0.39, 0.29) is 11.8 Å². The zero-order valence-electron chi connectivity index (χ0n) is 13.6. The van der Waals surface area contributed by atoms with E-state index < -0.39 is 0 Å². The molecule has 2 N–H and O–H groups in total.